The van der Waals surface area contributed by atoms with Crippen molar-refractivity contribution in [1.29, 1.82) is 0 Å². The van der Waals surface area contributed by atoms with Crippen LogP contribution < -0.4 is 0 Å². The van der Waals surface area contributed by atoms with Gasteiger partial charge in [0.1, 0.15) is 0 Å². The van der Waals surface area contributed by atoms with Gasteiger partial charge in [0.05, 0.1) is 0 Å². The molecule has 0 radical (unpaired) electrons. The molecule has 0 aliphatic heterocycles. The summed E-state index contributed by atoms with van der Waals surface area (Å²) in [5, 5.41) is 0. The van der Waals surface area contributed by atoms with Gasteiger partial charge in [-0.05, 0) is 23.7 Å². The number of hydrogen-bond acceptors (Lipinski definition) is 0. The van der Waals surface area contributed by atoms with Gasteiger partial charge in [0.2, 0.25) is 0 Å². The topological polar surface area (TPSA) is 0 Å². The molecule has 0 atom stereocenters. The second-order valence-electron chi connectivity index (χ2n) is 9.26. The Hall–Kier alpha value is 0. The van der Waals surface area contributed by atoms with E-state index in [9.17, 15) is 0 Å². The van der Waals surface area contributed by atoms with E-state index < -0.39 is 0 Å². The van der Waals surface area contributed by atoms with Crippen molar-refractivity contribution in [1.82, 2.24) is 0 Å². The molecule has 0 heterocycles. The summed E-state index contributed by atoms with van der Waals surface area (Å²) in [7, 11) is 0. The Bertz CT molecular complexity index is 208. The fourth-order valence-electron chi connectivity index (χ4n) is 2.90. The van der Waals surface area contributed by atoms with Gasteiger partial charge in [-0.25, -0.2) is 0 Å². The van der Waals surface area contributed by atoms with Crippen LogP contribution in [-0.2, 0) is 0 Å². The molecule has 2 aliphatic carbocycles. The normalized spacial score (nSPS) is 18.5. The van der Waals surface area contributed by atoms with E-state index in [0.29, 0.717) is 0 Å². The molecule has 0 heteroatoms. The fourth-order valence-corrected chi connectivity index (χ4v) is 2.90. The molecule has 25 heavy (non-hydrogen) atoms. The minimum Gasteiger partial charge on any atom is -0.0651 e. The van der Waals surface area contributed by atoms with E-state index in [2.05, 4.69) is 55.4 Å². The van der Waals surface area contributed by atoms with Gasteiger partial charge in [0.15, 0.2) is 0 Å². The lowest BCUT2D eigenvalue weighted by Crippen LogP contribution is -2.03. The first-order chi connectivity index (χ1) is 11.9. The second kappa shape index (κ2) is 20.3. The van der Waals surface area contributed by atoms with E-state index in [1.165, 1.54) is 83.5 Å². The highest BCUT2D eigenvalue weighted by molar-refractivity contribution is 4.63. The summed E-state index contributed by atoms with van der Waals surface area (Å²) in [5.74, 6) is 3.89. The van der Waals surface area contributed by atoms with Gasteiger partial charge in [0, 0.05) is 0 Å². The van der Waals surface area contributed by atoms with E-state index in [1.54, 1.807) is 0 Å². The van der Waals surface area contributed by atoms with Crippen LogP contribution >= 0.6 is 0 Å². The zero-order valence-electron chi connectivity index (χ0n) is 19.5. The standard InChI is InChI=1S/C8H16.C7H14.2C5H12/c1-2-8-6-4-3-5-7-8;1-7-5-3-2-4-6-7;2*1-4-5(2)3/h8H,2-7H2,1H3;7H,2-6H2,1H3;2*5H,4H2,1-3H3. The van der Waals surface area contributed by atoms with Crippen LogP contribution in [0.5, 0.6) is 0 Å². The number of hydrogen-bond donors (Lipinski definition) is 0. The third-order valence-corrected chi connectivity index (χ3v) is 5.83. The van der Waals surface area contributed by atoms with Crippen LogP contribution in [0.3, 0.4) is 0 Å². The van der Waals surface area contributed by atoms with Crippen LogP contribution in [0.15, 0.2) is 0 Å². The lowest BCUT2D eigenvalue weighted by Gasteiger charge is -2.18. The summed E-state index contributed by atoms with van der Waals surface area (Å²) in [5.41, 5.74) is 0. The molecule has 0 aromatic heterocycles. The summed E-state index contributed by atoms with van der Waals surface area (Å²) in [4.78, 5) is 0. The average molecular weight is 355 g/mol. The Morgan fingerprint density at radius 1 is 0.600 bits per heavy atom. The molecule has 0 amide bonds. The Morgan fingerprint density at radius 3 is 1.08 bits per heavy atom. The number of rotatable bonds is 3. The Labute approximate surface area is 163 Å². The lowest BCUT2D eigenvalue weighted by atomic mass is 9.88. The summed E-state index contributed by atoms with van der Waals surface area (Å²) in [6.07, 6.45) is 19.0. The van der Waals surface area contributed by atoms with Crippen molar-refractivity contribution in [3.05, 3.63) is 0 Å². The molecule has 0 bridgehead atoms. The highest BCUT2D eigenvalue weighted by Gasteiger charge is 2.09. The van der Waals surface area contributed by atoms with Gasteiger partial charge >= 0.3 is 0 Å². The predicted octanol–water partition coefficient (Wildman–Crippen LogP) is 9.67. The van der Waals surface area contributed by atoms with Crippen LogP contribution in [0.2, 0.25) is 0 Å². The first-order valence-corrected chi connectivity index (χ1v) is 11.9. The van der Waals surface area contributed by atoms with Crippen molar-refractivity contribution in [3.63, 3.8) is 0 Å². The SMILES string of the molecule is CC1CCCCC1.CCC(C)C.CCC(C)C.CCC1CCCCC1. The van der Waals surface area contributed by atoms with Gasteiger partial charge < -0.3 is 0 Å². The molecular formula is C25H54. The fraction of sp³-hybridized carbons (Fsp3) is 1.00. The molecule has 0 nitrogen and oxygen atoms in total. The van der Waals surface area contributed by atoms with E-state index in [0.717, 1.165) is 23.7 Å². The highest BCUT2D eigenvalue weighted by atomic mass is 14.2. The molecule has 2 rings (SSSR count). The van der Waals surface area contributed by atoms with Crippen molar-refractivity contribution in [2.24, 2.45) is 23.7 Å². The lowest BCUT2D eigenvalue weighted by molar-refractivity contribution is 0.349. The van der Waals surface area contributed by atoms with Gasteiger partial charge in [-0.2, -0.15) is 0 Å². The highest BCUT2D eigenvalue weighted by Crippen LogP contribution is 2.25. The molecule has 0 unspecified atom stereocenters. The average Bonchev–Trinajstić information content (AvgIpc) is 2.64. The summed E-state index contributed by atoms with van der Waals surface area (Å²) in [6, 6.07) is 0. The Morgan fingerprint density at radius 2 is 0.920 bits per heavy atom. The molecule has 2 saturated carbocycles. The molecule has 154 valence electrons. The molecular weight excluding hydrogens is 300 g/mol. The molecule has 0 saturated heterocycles. The Balaban J connectivity index is 0. The van der Waals surface area contributed by atoms with E-state index in [1.807, 2.05) is 0 Å². The molecule has 0 aromatic carbocycles. The van der Waals surface area contributed by atoms with Crippen LogP contribution in [0.25, 0.3) is 0 Å². The minimum absolute atomic E-state index is 0.884. The maximum absolute atomic E-state index is 2.36. The van der Waals surface area contributed by atoms with Crippen LogP contribution in [0, 0.1) is 23.7 Å². The van der Waals surface area contributed by atoms with Gasteiger partial charge in [-0.3, -0.25) is 0 Å². The van der Waals surface area contributed by atoms with Crippen molar-refractivity contribution >= 4 is 0 Å². The van der Waals surface area contributed by atoms with E-state index in [4.69, 9.17) is 0 Å². The first-order valence-electron chi connectivity index (χ1n) is 11.9. The molecule has 0 spiro atoms. The first kappa shape index (κ1) is 27.2. The molecule has 0 aromatic rings. The van der Waals surface area contributed by atoms with Crippen LogP contribution in [0.4, 0.5) is 0 Å². The molecule has 0 N–H and O–H groups in total. The van der Waals surface area contributed by atoms with Crippen molar-refractivity contribution in [2.45, 2.75) is 139 Å². The van der Waals surface area contributed by atoms with E-state index in [-0.39, 0.29) is 0 Å². The zero-order chi connectivity index (χ0) is 19.5. The van der Waals surface area contributed by atoms with Crippen molar-refractivity contribution < 1.29 is 0 Å². The monoisotopic (exact) mass is 354 g/mol. The maximum atomic E-state index is 2.36. The maximum Gasteiger partial charge on any atom is -0.0417 e. The largest absolute Gasteiger partial charge is 0.0651 e. The zero-order valence-corrected chi connectivity index (χ0v) is 19.5. The van der Waals surface area contributed by atoms with Crippen LogP contribution in [-0.4, -0.2) is 0 Å². The van der Waals surface area contributed by atoms with Gasteiger partial charge in [-0.1, -0.05) is 139 Å². The van der Waals surface area contributed by atoms with Crippen molar-refractivity contribution in [2.75, 3.05) is 0 Å². The van der Waals surface area contributed by atoms with Crippen molar-refractivity contribution in [3.8, 4) is 0 Å². The van der Waals surface area contributed by atoms with E-state index >= 15 is 0 Å². The summed E-state index contributed by atoms with van der Waals surface area (Å²) < 4.78 is 0. The quantitative estimate of drug-likeness (QED) is 0.473. The third-order valence-electron chi connectivity index (χ3n) is 5.83. The summed E-state index contributed by atoms with van der Waals surface area (Å²) in [6.45, 7) is 18.0. The minimum atomic E-state index is 0.884. The smallest absolute Gasteiger partial charge is 0.0417 e. The van der Waals surface area contributed by atoms with Crippen LogP contribution in [0.1, 0.15) is 139 Å². The van der Waals surface area contributed by atoms with Gasteiger partial charge in [-0.15, -0.1) is 0 Å². The Kier molecular flexibility index (Phi) is 22.1. The summed E-state index contributed by atoms with van der Waals surface area (Å²) >= 11 is 0. The predicted molar refractivity (Wildman–Crippen MR) is 119 cm³/mol. The second-order valence-corrected chi connectivity index (χ2v) is 9.26. The third kappa shape index (κ3) is 24.0. The molecule has 2 aliphatic rings. The molecule has 2 fully saturated rings. The van der Waals surface area contributed by atoms with Gasteiger partial charge in [0.25, 0.3) is 0 Å².